The second kappa shape index (κ2) is 29.8. The van der Waals surface area contributed by atoms with E-state index in [9.17, 15) is 9.59 Å². The molecule has 0 amide bonds. The molecule has 188 valence electrons. The van der Waals surface area contributed by atoms with Gasteiger partial charge in [0.1, 0.15) is 0 Å². The van der Waals surface area contributed by atoms with E-state index >= 15 is 0 Å². The van der Waals surface area contributed by atoms with Gasteiger partial charge in [0.05, 0.1) is 6.61 Å². The predicted octanol–water partition coefficient (Wildman–Crippen LogP) is 6.71. The molecule has 2 atom stereocenters. The number of carbonyl (C=O) groups excluding carboxylic acids is 2. The maximum atomic E-state index is 11.6. The molecule has 1 N–H and O–H groups in total. The first-order chi connectivity index (χ1) is 15.5. The SMILES string of the molecule is CCC(S)CCCCC(=O)OCC([C-]=O)c1ccccc1.CCC[CH-]CCCC.CNC.[U+2]. The minimum atomic E-state index is -0.503. The smallest absolute Gasteiger partial charge is 0.541 e. The molecule has 0 aliphatic rings. The Morgan fingerprint density at radius 2 is 1.70 bits per heavy atom. The van der Waals surface area contributed by atoms with Gasteiger partial charge in [0, 0.05) is 11.7 Å². The van der Waals surface area contributed by atoms with Crippen molar-refractivity contribution in [2.75, 3.05) is 20.7 Å². The number of nitrogens with one attached hydrogen (secondary N) is 1. The Morgan fingerprint density at radius 1 is 1.06 bits per heavy atom. The Labute approximate surface area is 233 Å². The largest absolute Gasteiger partial charge is 2.00 e. The average Bonchev–Trinajstić information content (AvgIpc) is 2.81. The summed E-state index contributed by atoms with van der Waals surface area (Å²) in [6.45, 7) is 6.63. The third kappa shape index (κ3) is 26.2. The van der Waals surface area contributed by atoms with Crippen LogP contribution in [0, 0.1) is 37.5 Å². The van der Waals surface area contributed by atoms with E-state index < -0.39 is 5.92 Å². The number of rotatable bonds is 15. The van der Waals surface area contributed by atoms with Crippen LogP contribution in [0.3, 0.4) is 0 Å². The van der Waals surface area contributed by atoms with Crippen molar-refractivity contribution >= 4 is 24.9 Å². The van der Waals surface area contributed by atoms with Crippen LogP contribution in [0.15, 0.2) is 30.3 Å². The van der Waals surface area contributed by atoms with Gasteiger partial charge in [0.2, 0.25) is 0 Å². The molecule has 0 radical (unpaired) electrons. The molecule has 0 heterocycles. The summed E-state index contributed by atoms with van der Waals surface area (Å²) >= 11 is 4.42. The minimum Gasteiger partial charge on any atom is -0.541 e. The van der Waals surface area contributed by atoms with Gasteiger partial charge in [-0.1, -0.05) is 88.3 Å². The number of esters is 1. The fourth-order valence-electron chi connectivity index (χ4n) is 2.68. The summed E-state index contributed by atoms with van der Waals surface area (Å²) in [6.07, 6.45) is 15.2. The van der Waals surface area contributed by atoms with Crippen LogP contribution in [0.4, 0.5) is 0 Å². The van der Waals surface area contributed by atoms with E-state index in [0.717, 1.165) is 31.2 Å². The van der Waals surface area contributed by atoms with Gasteiger partial charge in [-0.2, -0.15) is 25.5 Å². The van der Waals surface area contributed by atoms with Gasteiger partial charge in [-0.05, 0) is 33.4 Å². The van der Waals surface area contributed by atoms with Crippen LogP contribution < -0.4 is 5.32 Å². The van der Waals surface area contributed by atoms with E-state index in [1.54, 1.807) is 0 Å². The first kappa shape index (κ1) is 37.3. The van der Waals surface area contributed by atoms with Crippen molar-refractivity contribution in [1.29, 1.82) is 0 Å². The number of ether oxygens (including phenoxy) is 1. The summed E-state index contributed by atoms with van der Waals surface area (Å²) < 4.78 is 5.16. The molecule has 0 aliphatic carbocycles. The molecule has 0 fully saturated rings. The van der Waals surface area contributed by atoms with E-state index in [-0.39, 0.29) is 43.7 Å². The Bertz CT molecular complexity index is 525. The van der Waals surface area contributed by atoms with Crippen LogP contribution in [0.2, 0.25) is 0 Å². The van der Waals surface area contributed by atoms with Gasteiger partial charge in [-0.15, -0.1) is 0 Å². The van der Waals surface area contributed by atoms with Gasteiger partial charge >= 0.3 is 37.1 Å². The van der Waals surface area contributed by atoms with Crippen molar-refractivity contribution in [3.63, 3.8) is 0 Å². The molecule has 0 bridgehead atoms. The number of benzene rings is 1. The molecule has 1 aromatic carbocycles. The van der Waals surface area contributed by atoms with Crippen LogP contribution in [0.1, 0.15) is 96.5 Å². The van der Waals surface area contributed by atoms with Crippen LogP contribution in [-0.2, 0) is 14.3 Å². The summed E-state index contributed by atoms with van der Waals surface area (Å²) in [4.78, 5) is 22.6. The molecule has 1 rings (SSSR count). The van der Waals surface area contributed by atoms with Crippen LogP contribution in [0.5, 0.6) is 0 Å². The summed E-state index contributed by atoms with van der Waals surface area (Å²) in [5, 5.41) is 3.16. The Kier molecular flexibility index (Phi) is 33.6. The fraction of sp³-hybridized carbons (Fsp3) is 0.667. The Hall–Kier alpha value is -0.278. The Morgan fingerprint density at radius 3 is 2.21 bits per heavy atom. The maximum Gasteiger partial charge on any atom is 2.00 e. The number of hydrogen-bond acceptors (Lipinski definition) is 5. The zero-order valence-corrected chi connectivity index (χ0v) is 26.6. The molecule has 0 aromatic heterocycles. The minimum absolute atomic E-state index is 0. The second-order valence-electron chi connectivity index (χ2n) is 7.79. The van der Waals surface area contributed by atoms with Crippen LogP contribution in [-0.4, -0.2) is 38.2 Å². The van der Waals surface area contributed by atoms with Gasteiger partial charge in [0.25, 0.3) is 0 Å². The topological polar surface area (TPSA) is 55.4 Å². The van der Waals surface area contributed by atoms with E-state index in [0.29, 0.717) is 11.7 Å². The summed E-state index contributed by atoms with van der Waals surface area (Å²) in [5.41, 5.74) is 0.821. The van der Waals surface area contributed by atoms with E-state index in [1.165, 1.54) is 32.1 Å². The summed E-state index contributed by atoms with van der Waals surface area (Å²) in [6, 6.07) is 9.25. The van der Waals surface area contributed by atoms with Crippen molar-refractivity contribution in [2.24, 2.45) is 0 Å². The molecule has 0 aliphatic heterocycles. The maximum absolute atomic E-state index is 11.6. The molecule has 0 saturated heterocycles. The van der Waals surface area contributed by atoms with Crippen molar-refractivity contribution in [2.45, 2.75) is 96.1 Å². The molecular formula is C27H47NO3SU. The second-order valence-corrected chi connectivity index (χ2v) is 8.52. The molecule has 33 heavy (non-hydrogen) atoms. The van der Waals surface area contributed by atoms with Crippen molar-refractivity contribution in [3.8, 4) is 0 Å². The molecule has 2 unspecified atom stereocenters. The number of carbonyl (C=O) groups is 1. The van der Waals surface area contributed by atoms with Gasteiger partial charge in [-0.3, -0.25) is 11.1 Å². The number of unbranched alkanes of at least 4 members (excludes halogenated alkanes) is 6. The first-order valence-electron chi connectivity index (χ1n) is 12.2. The predicted molar refractivity (Wildman–Crippen MR) is 141 cm³/mol. The van der Waals surface area contributed by atoms with Crippen LogP contribution in [0.25, 0.3) is 0 Å². The first-order valence-corrected chi connectivity index (χ1v) is 12.7. The van der Waals surface area contributed by atoms with Crippen LogP contribution >= 0.6 is 12.6 Å². The third-order valence-electron chi connectivity index (χ3n) is 4.65. The molecular weight excluding hydrogens is 656 g/mol. The van der Waals surface area contributed by atoms with Crippen molar-refractivity contribution in [1.82, 2.24) is 5.32 Å². The third-order valence-corrected chi connectivity index (χ3v) is 5.27. The van der Waals surface area contributed by atoms with Gasteiger partial charge in [-0.25, -0.2) is 0 Å². The Balaban J connectivity index is -0.000000629. The quantitative estimate of drug-likeness (QED) is 0.0924. The summed E-state index contributed by atoms with van der Waals surface area (Å²) in [7, 11) is 3.75. The monoisotopic (exact) mass is 703 g/mol. The number of hydrogen-bond donors (Lipinski definition) is 2. The molecule has 1 aromatic rings. The van der Waals surface area contributed by atoms with E-state index in [1.807, 2.05) is 50.7 Å². The molecule has 0 spiro atoms. The number of thiol groups is 1. The van der Waals surface area contributed by atoms with E-state index in [2.05, 4.69) is 45.1 Å². The standard InChI is InChI=1S/C17H23O3S.C8H17.C2H7N.U/c1-2-16(21)10-6-7-11-17(19)20-13-15(12-18)14-8-4-3-5-9-14;1-3-5-7-8-6-4-2;1-3-2;/h3-5,8-9,15-16,21H,2,6-7,10-11,13H2,1H3;7H,3-6,8H2,1-2H3;3H,1-2H3;/q2*-1;;+2. The normalized spacial score (nSPS) is 11.5. The zero-order valence-electron chi connectivity index (χ0n) is 21.6. The van der Waals surface area contributed by atoms with E-state index in [4.69, 9.17) is 4.74 Å². The fourth-order valence-corrected chi connectivity index (χ4v) is 2.87. The zero-order chi connectivity index (χ0) is 24.5. The molecule has 4 nitrogen and oxygen atoms in total. The van der Waals surface area contributed by atoms with Crippen molar-refractivity contribution in [3.05, 3.63) is 42.3 Å². The molecule has 0 saturated carbocycles. The molecule has 6 heteroatoms. The average molecular weight is 704 g/mol. The van der Waals surface area contributed by atoms with Gasteiger partial charge in [0.15, 0.2) is 0 Å². The summed E-state index contributed by atoms with van der Waals surface area (Å²) in [5.74, 6) is -0.754. The van der Waals surface area contributed by atoms with Gasteiger partial charge < -0.3 is 21.3 Å². The van der Waals surface area contributed by atoms with Crippen molar-refractivity contribution < 1.29 is 45.4 Å².